The molecule has 0 spiro atoms. The Morgan fingerprint density at radius 3 is 2.57 bits per heavy atom. The molecule has 0 aliphatic rings. The quantitative estimate of drug-likeness (QED) is 0.738. The molecule has 0 aliphatic heterocycles. The van der Waals surface area contributed by atoms with Crippen LogP contribution >= 0.6 is 0 Å². The molecule has 0 aromatic heterocycles. The lowest BCUT2D eigenvalue weighted by molar-refractivity contribution is 0.367. The molecule has 14 heavy (non-hydrogen) atoms. The van der Waals surface area contributed by atoms with Crippen LogP contribution in [0.4, 0.5) is 4.39 Å². The average molecular weight is 196 g/mol. The van der Waals surface area contributed by atoms with Crippen molar-refractivity contribution in [3.05, 3.63) is 35.1 Å². The third kappa shape index (κ3) is 3.85. The molecule has 1 N–H and O–H groups in total. The first kappa shape index (κ1) is 11.1. The minimum absolute atomic E-state index is 0.161. The Morgan fingerprint density at radius 2 is 2.00 bits per heavy atom. The van der Waals surface area contributed by atoms with Gasteiger partial charge in [0.25, 0.3) is 0 Å². The number of benzene rings is 1. The lowest BCUT2D eigenvalue weighted by Gasteiger charge is -2.11. The fraction of sp³-hybridized carbons (Fsp3) is 0.455. The predicted octanol–water partition coefficient (Wildman–Crippen LogP) is 1.74. The maximum atomic E-state index is 13.0. The van der Waals surface area contributed by atoms with Crippen molar-refractivity contribution in [3.63, 3.8) is 0 Å². The molecule has 0 bridgehead atoms. The van der Waals surface area contributed by atoms with Gasteiger partial charge in [0, 0.05) is 13.2 Å². The number of nitrogens with one attached hydrogen (secondary N) is 1. The summed E-state index contributed by atoms with van der Waals surface area (Å²) in [6.07, 6.45) is 0. The van der Waals surface area contributed by atoms with E-state index in [2.05, 4.69) is 5.32 Å². The summed E-state index contributed by atoms with van der Waals surface area (Å²) in [6.45, 7) is 3.41. The van der Waals surface area contributed by atoms with Gasteiger partial charge >= 0.3 is 0 Å². The third-order valence-corrected chi connectivity index (χ3v) is 1.86. The maximum Gasteiger partial charge on any atom is 0.123 e. The fourth-order valence-corrected chi connectivity index (χ4v) is 1.34. The Morgan fingerprint density at radius 1 is 1.29 bits per heavy atom. The molecule has 0 amide bonds. The van der Waals surface area contributed by atoms with Gasteiger partial charge in [0.15, 0.2) is 0 Å². The van der Waals surface area contributed by atoms with E-state index < -0.39 is 0 Å². The van der Waals surface area contributed by atoms with Gasteiger partial charge in [0.05, 0.1) is 0 Å². The van der Waals surface area contributed by atoms with Gasteiger partial charge in [-0.25, -0.2) is 4.39 Å². The summed E-state index contributed by atoms with van der Waals surface area (Å²) >= 11 is 0. The summed E-state index contributed by atoms with van der Waals surface area (Å²) in [5.74, 6) is -0.161. The standard InChI is InChI=1S/C11H17FN2/c1-9-4-10(6-11(12)5-9)7-13-8-14(2)3/h4-6,13H,7-8H2,1-3H3. The van der Waals surface area contributed by atoms with Crippen LogP contribution in [0, 0.1) is 12.7 Å². The van der Waals surface area contributed by atoms with Gasteiger partial charge in [-0.15, -0.1) is 0 Å². The Kier molecular flexibility index (Phi) is 4.04. The molecule has 78 valence electrons. The molecule has 0 unspecified atom stereocenters. The van der Waals surface area contributed by atoms with Crippen LogP contribution in [0.2, 0.25) is 0 Å². The molecule has 3 heteroatoms. The van der Waals surface area contributed by atoms with Crippen molar-refractivity contribution in [2.75, 3.05) is 20.8 Å². The van der Waals surface area contributed by atoms with E-state index in [0.29, 0.717) is 6.54 Å². The van der Waals surface area contributed by atoms with E-state index >= 15 is 0 Å². The summed E-state index contributed by atoms with van der Waals surface area (Å²) in [5.41, 5.74) is 1.95. The second-order valence-electron chi connectivity index (χ2n) is 3.80. The van der Waals surface area contributed by atoms with Crippen molar-refractivity contribution in [2.24, 2.45) is 0 Å². The van der Waals surface area contributed by atoms with Crippen molar-refractivity contribution >= 4 is 0 Å². The summed E-state index contributed by atoms with van der Waals surface area (Å²) in [6, 6.07) is 5.09. The van der Waals surface area contributed by atoms with Crippen molar-refractivity contribution in [2.45, 2.75) is 13.5 Å². The second kappa shape index (κ2) is 5.08. The van der Waals surface area contributed by atoms with Crippen molar-refractivity contribution < 1.29 is 4.39 Å². The van der Waals surface area contributed by atoms with Crippen LogP contribution in [0.3, 0.4) is 0 Å². The van der Waals surface area contributed by atoms with Crippen LogP contribution in [0.1, 0.15) is 11.1 Å². The molecule has 1 aromatic carbocycles. The molecule has 1 rings (SSSR count). The van der Waals surface area contributed by atoms with Crippen molar-refractivity contribution in [1.82, 2.24) is 10.2 Å². The second-order valence-corrected chi connectivity index (χ2v) is 3.80. The smallest absolute Gasteiger partial charge is 0.123 e. The molecular weight excluding hydrogens is 179 g/mol. The van der Waals surface area contributed by atoms with E-state index in [1.165, 1.54) is 6.07 Å². The van der Waals surface area contributed by atoms with E-state index in [-0.39, 0.29) is 5.82 Å². The van der Waals surface area contributed by atoms with E-state index in [4.69, 9.17) is 0 Å². The number of rotatable bonds is 4. The highest BCUT2D eigenvalue weighted by Gasteiger charge is 1.97. The van der Waals surface area contributed by atoms with Crippen LogP contribution < -0.4 is 5.32 Å². The minimum atomic E-state index is -0.161. The monoisotopic (exact) mass is 196 g/mol. The van der Waals surface area contributed by atoms with E-state index in [1.54, 1.807) is 6.07 Å². The van der Waals surface area contributed by atoms with E-state index in [1.807, 2.05) is 32.0 Å². The Labute approximate surface area is 84.7 Å². The number of hydrogen-bond donors (Lipinski definition) is 1. The molecule has 0 atom stereocenters. The Balaban J connectivity index is 2.50. The Hall–Kier alpha value is -0.930. The maximum absolute atomic E-state index is 13.0. The molecule has 0 fully saturated rings. The Bertz CT molecular complexity index is 277. The average Bonchev–Trinajstić information content (AvgIpc) is 2.01. The highest BCUT2D eigenvalue weighted by Crippen LogP contribution is 2.07. The molecule has 0 heterocycles. The molecule has 2 nitrogen and oxygen atoms in total. The summed E-state index contributed by atoms with van der Waals surface area (Å²) in [5, 5.41) is 3.21. The van der Waals surface area contributed by atoms with Gasteiger partial charge < -0.3 is 5.32 Å². The minimum Gasteiger partial charge on any atom is -0.300 e. The topological polar surface area (TPSA) is 15.3 Å². The summed E-state index contributed by atoms with van der Waals surface area (Å²) < 4.78 is 13.0. The molecule has 0 saturated carbocycles. The normalized spacial score (nSPS) is 10.9. The first-order valence-corrected chi connectivity index (χ1v) is 4.69. The van der Waals surface area contributed by atoms with Gasteiger partial charge in [-0.2, -0.15) is 0 Å². The van der Waals surface area contributed by atoms with Crippen LogP contribution in [-0.2, 0) is 6.54 Å². The zero-order chi connectivity index (χ0) is 10.6. The van der Waals surface area contributed by atoms with Gasteiger partial charge in [-0.05, 0) is 44.3 Å². The van der Waals surface area contributed by atoms with Crippen molar-refractivity contribution in [1.29, 1.82) is 0 Å². The van der Waals surface area contributed by atoms with Crippen LogP contribution in [0.5, 0.6) is 0 Å². The highest BCUT2D eigenvalue weighted by atomic mass is 19.1. The molecule has 0 radical (unpaired) electrons. The molecule has 0 aliphatic carbocycles. The van der Waals surface area contributed by atoms with Crippen LogP contribution in [0.25, 0.3) is 0 Å². The summed E-state index contributed by atoms with van der Waals surface area (Å²) in [7, 11) is 3.98. The van der Waals surface area contributed by atoms with Crippen molar-refractivity contribution in [3.8, 4) is 0 Å². The largest absolute Gasteiger partial charge is 0.300 e. The molecular formula is C11H17FN2. The lowest BCUT2D eigenvalue weighted by Crippen LogP contribution is -2.27. The highest BCUT2D eigenvalue weighted by molar-refractivity contribution is 5.23. The lowest BCUT2D eigenvalue weighted by atomic mass is 10.1. The predicted molar refractivity (Wildman–Crippen MR) is 56.5 cm³/mol. The number of aryl methyl sites for hydroxylation is 1. The zero-order valence-corrected chi connectivity index (χ0v) is 8.97. The number of halogens is 1. The SMILES string of the molecule is Cc1cc(F)cc(CNCN(C)C)c1. The van der Waals surface area contributed by atoms with Gasteiger partial charge in [-0.3, -0.25) is 4.90 Å². The van der Waals surface area contributed by atoms with Crippen LogP contribution in [0.15, 0.2) is 18.2 Å². The molecule has 1 aromatic rings. The molecule has 0 saturated heterocycles. The van der Waals surface area contributed by atoms with Crippen LogP contribution in [-0.4, -0.2) is 25.7 Å². The number of hydrogen-bond acceptors (Lipinski definition) is 2. The van der Waals surface area contributed by atoms with E-state index in [0.717, 1.165) is 17.8 Å². The van der Waals surface area contributed by atoms with E-state index in [9.17, 15) is 4.39 Å². The first-order valence-electron chi connectivity index (χ1n) is 4.69. The van der Waals surface area contributed by atoms with Gasteiger partial charge in [0.1, 0.15) is 5.82 Å². The van der Waals surface area contributed by atoms with Gasteiger partial charge in [-0.1, -0.05) is 6.07 Å². The zero-order valence-electron chi connectivity index (χ0n) is 8.97. The fourth-order valence-electron chi connectivity index (χ4n) is 1.34. The third-order valence-electron chi connectivity index (χ3n) is 1.86. The summed E-state index contributed by atoms with van der Waals surface area (Å²) in [4.78, 5) is 2.03. The number of nitrogens with zero attached hydrogens (tertiary/aromatic N) is 1. The van der Waals surface area contributed by atoms with Gasteiger partial charge in [0.2, 0.25) is 0 Å². The first-order chi connectivity index (χ1) is 6.58.